The summed E-state index contributed by atoms with van der Waals surface area (Å²) in [4.78, 5) is 2.69. The molecule has 104 valence electrons. The van der Waals surface area contributed by atoms with Crippen LogP contribution in [0.5, 0.6) is 0 Å². The van der Waals surface area contributed by atoms with Gasteiger partial charge in [-0.3, -0.25) is 4.90 Å². The molecule has 0 spiro atoms. The maximum absolute atomic E-state index is 6.45. The second-order valence-electron chi connectivity index (χ2n) is 7.22. The van der Waals surface area contributed by atoms with E-state index in [2.05, 4.69) is 18.7 Å². The van der Waals surface area contributed by atoms with Crippen LogP contribution in [-0.4, -0.2) is 42.8 Å². The quantitative estimate of drug-likeness (QED) is 0.817. The standard InChI is InChI=1S/C15H28N2O/c1-15(2)7-6-11(14(15)16)10-17-8-9-18-13-5-3-4-12(13)17/h11-14H,3-10,16H2,1-2H3. The maximum Gasteiger partial charge on any atom is 0.0730 e. The molecule has 3 fully saturated rings. The van der Waals surface area contributed by atoms with E-state index in [4.69, 9.17) is 10.5 Å². The lowest BCUT2D eigenvalue weighted by Gasteiger charge is -2.40. The van der Waals surface area contributed by atoms with Crippen molar-refractivity contribution >= 4 is 0 Å². The van der Waals surface area contributed by atoms with Crippen molar-refractivity contribution in [3.63, 3.8) is 0 Å². The monoisotopic (exact) mass is 252 g/mol. The zero-order chi connectivity index (χ0) is 12.8. The van der Waals surface area contributed by atoms with Gasteiger partial charge in [-0.15, -0.1) is 0 Å². The van der Waals surface area contributed by atoms with Crippen molar-refractivity contribution in [2.75, 3.05) is 19.7 Å². The van der Waals surface area contributed by atoms with Crippen LogP contribution in [0.25, 0.3) is 0 Å². The minimum absolute atomic E-state index is 0.339. The number of nitrogens with two attached hydrogens (primary N) is 1. The Morgan fingerprint density at radius 1 is 1.28 bits per heavy atom. The summed E-state index contributed by atoms with van der Waals surface area (Å²) in [5, 5.41) is 0. The zero-order valence-corrected chi connectivity index (χ0v) is 11.9. The van der Waals surface area contributed by atoms with Gasteiger partial charge in [-0.2, -0.15) is 0 Å². The number of fused-ring (bicyclic) bond motifs is 1. The fourth-order valence-corrected chi connectivity index (χ4v) is 4.28. The molecule has 0 bridgehead atoms. The van der Waals surface area contributed by atoms with Crippen LogP contribution in [0.4, 0.5) is 0 Å². The molecular formula is C15H28N2O. The van der Waals surface area contributed by atoms with Crippen LogP contribution in [0.3, 0.4) is 0 Å². The molecule has 3 nitrogen and oxygen atoms in total. The van der Waals surface area contributed by atoms with E-state index >= 15 is 0 Å². The largest absolute Gasteiger partial charge is 0.375 e. The highest BCUT2D eigenvalue weighted by Crippen LogP contribution is 2.41. The average molecular weight is 252 g/mol. The third-order valence-electron chi connectivity index (χ3n) is 5.64. The summed E-state index contributed by atoms with van der Waals surface area (Å²) in [7, 11) is 0. The van der Waals surface area contributed by atoms with E-state index < -0.39 is 0 Å². The van der Waals surface area contributed by atoms with Crippen molar-refractivity contribution in [2.45, 2.75) is 64.1 Å². The van der Waals surface area contributed by atoms with E-state index in [0.29, 0.717) is 29.5 Å². The van der Waals surface area contributed by atoms with Crippen molar-refractivity contribution in [2.24, 2.45) is 17.1 Å². The third kappa shape index (κ3) is 2.21. The predicted octanol–water partition coefficient (Wildman–Crippen LogP) is 2.00. The van der Waals surface area contributed by atoms with Gasteiger partial charge in [-0.05, 0) is 43.4 Å². The highest BCUT2D eigenvalue weighted by molar-refractivity contribution is 4.97. The van der Waals surface area contributed by atoms with E-state index in [1.807, 2.05) is 0 Å². The molecule has 3 heteroatoms. The molecule has 0 aromatic carbocycles. The molecule has 4 atom stereocenters. The van der Waals surface area contributed by atoms with Crippen molar-refractivity contribution in [3.8, 4) is 0 Å². The van der Waals surface area contributed by atoms with Gasteiger partial charge in [-0.1, -0.05) is 13.8 Å². The van der Waals surface area contributed by atoms with Gasteiger partial charge >= 0.3 is 0 Å². The first-order valence-corrected chi connectivity index (χ1v) is 7.69. The molecule has 4 unspecified atom stereocenters. The van der Waals surface area contributed by atoms with Gasteiger partial charge in [0.1, 0.15) is 0 Å². The van der Waals surface area contributed by atoms with Crippen molar-refractivity contribution in [3.05, 3.63) is 0 Å². The first-order valence-electron chi connectivity index (χ1n) is 7.69. The summed E-state index contributed by atoms with van der Waals surface area (Å²) in [5.74, 6) is 0.694. The second kappa shape index (κ2) is 4.77. The van der Waals surface area contributed by atoms with Gasteiger partial charge in [0.2, 0.25) is 0 Å². The molecule has 1 aliphatic heterocycles. The van der Waals surface area contributed by atoms with Crippen molar-refractivity contribution < 1.29 is 4.74 Å². The molecule has 18 heavy (non-hydrogen) atoms. The topological polar surface area (TPSA) is 38.5 Å². The molecular weight excluding hydrogens is 224 g/mol. The Kier molecular flexibility index (Phi) is 3.41. The average Bonchev–Trinajstić information content (AvgIpc) is 2.90. The van der Waals surface area contributed by atoms with Gasteiger partial charge in [-0.25, -0.2) is 0 Å². The van der Waals surface area contributed by atoms with Crippen LogP contribution < -0.4 is 5.73 Å². The molecule has 2 saturated carbocycles. The number of hydrogen-bond acceptors (Lipinski definition) is 3. The van der Waals surface area contributed by atoms with Gasteiger partial charge in [0.15, 0.2) is 0 Å². The van der Waals surface area contributed by atoms with Crippen LogP contribution in [0.15, 0.2) is 0 Å². The summed E-state index contributed by atoms with van der Waals surface area (Å²) in [5.41, 5.74) is 6.79. The van der Waals surface area contributed by atoms with E-state index in [1.165, 1.54) is 38.6 Å². The lowest BCUT2D eigenvalue weighted by atomic mass is 9.85. The lowest BCUT2D eigenvalue weighted by Crippen LogP contribution is -2.52. The molecule has 0 aromatic rings. The fourth-order valence-electron chi connectivity index (χ4n) is 4.28. The van der Waals surface area contributed by atoms with Crippen LogP contribution in [0, 0.1) is 11.3 Å². The number of hydrogen-bond donors (Lipinski definition) is 1. The highest BCUT2D eigenvalue weighted by Gasteiger charge is 2.42. The van der Waals surface area contributed by atoms with Crippen LogP contribution in [0.1, 0.15) is 46.0 Å². The maximum atomic E-state index is 6.45. The van der Waals surface area contributed by atoms with E-state index in [1.54, 1.807) is 0 Å². The fraction of sp³-hybridized carbons (Fsp3) is 1.00. The smallest absolute Gasteiger partial charge is 0.0730 e. The van der Waals surface area contributed by atoms with E-state index in [9.17, 15) is 0 Å². The predicted molar refractivity (Wildman–Crippen MR) is 73.4 cm³/mol. The first-order chi connectivity index (χ1) is 8.58. The Balaban J connectivity index is 1.62. The van der Waals surface area contributed by atoms with Crippen LogP contribution >= 0.6 is 0 Å². The van der Waals surface area contributed by atoms with Crippen molar-refractivity contribution in [1.82, 2.24) is 4.90 Å². The van der Waals surface area contributed by atoms with Crippen LogP contribution in [0.2, 0.25) is 0 Å². The van der Waals surface area contributed by atoms with Gasteiger partial charge in [0.05, 0.1) is 12.7 Å². The zero-order valence-electron chi connectivity index (χ0n) is 11.9. The normalized spacial score (nSPS) is 44.2. The van der Waals surface area contributed by atoms with E-state index in [-0.39, 0.29) is 0 Å². The Hall–Kier alpha value is -0.120. The molecule has 0 radical (unpaired) electrons. The van der Waals surface area contributed by atoms with E-state index in [0.717, 1.165) is 13.2 Å². The summed E-state index contributed by atoms with van der Waals surface area (Å²) in [6, 6.07) is 1.06. The molecule has 0 aromatic heterocycles. The summed E-state index contributed by atoms with van der Waals surface area (Å²) < 4.78 is 5.89. The van der Waals surface area contributed by atoms with Gasteiger partial charge < -0.3 is 10.5 Å². The number of nitrogens with zero attached hydrogens (tertiary/aromatic N) is 1. The SMILES string of the molecule is CC1(C)CCC(CN2CCOC3CCCC32)C1N. The lowest BCUT2D eigenvalue weighted by molar-refractivity contribution is -0.0609. The summed E-state index contributed by atoms with van der Waals surface area (Å²) >= 11 is 0. The Labute approximate surface area is 111 Å². The van der Waals surface area contributed by atoms with Gasteiger partial charge in [0, 0.05) is 25.2 Å². The molecule has 2 aliphatic carbocycles. The summed E-state index contributed by atoms with van der Waals surface area (Å²) in [6.45, 7) is 7.90. The summed E-state index contributed by atoms with van der Waals surface area (Å²) in [6.07, 6.45) is 7.05. The number of rotatable bonds is 2. The van der Waals surface area contributed by atoms with Crippen molar-refractivity contribution in [1.29, 1.82) is 0 Å². The molecule has 1 heterocycles. The number of ether oxygens (including phenoxy) is 1. The minimum Gasteiger partial charge on any atom is -0.375 e. The van der Waals surface area contributed by atoms with Crippen LogP contribution in [-0.2, 0) is 4.74 Å². The first kappa shape index (κ1) is 12.9. The molecule has 3 aliphatic rings. The Morgan fingerprint density at radius 3 is 2.83 bits per heavy atom. The molecule has 0 amide bonds. The molecule has 1 saturated heterocycles. The second-order valence-corrected chi connectivity index (χ2v) is 7.22. The highest BCUT2D eigenvalue weighted by atomic mass is 16.5. The number of morpholine rings is 1. The third-order valence-corrected chi connectivity index (χ3v) is 5.64. The molecule has 2 N–H and O–H groups in total. The molecule has 3 rings (SSSR count). The minimum atomic E-state index is 0.339. The van der Waals surface area contributed by atoms with Gasteiger partial charge in [0.25, 0.3) is 0 Å². The Bertz CT molecular complexity index is 305. The Morgan fingerprint density at radius 2 is 2.11 bits per heavy atom.